The lowest BCUT2D eigenvalue weighted by Gasteiger charge is -2.11. The Morgan fingerprint density at radius 3 is 2.60 bits per heavy atom. The smallest absolute Gasteiger partial charge is 0.251 e. The lowest BCUT2D eigenvalue weighted by Crippen LogP contribution is -2.37. The molecule has 1 atom stereocenters. The van der Waals surface area contributed by atoms with Gasteiger partial charge in [-0.05, 0) is 31.7 Å². The lowest BCUT2D eigenvalue weighted by molar-refractivity contribution is 0.0950. The summed E-state index contributed by atoms with van der Waals surface area (Å²) >= 11 is 0. The Morgan fingerprint density at radius 2 is 2.05 bits per heavy atom. The van der Waals surface area contributed by atoms with Crippen molar-refractivity contribution in [1.29, 1.82) is 0 Å². The molecule has 0 bridgehead atoms. The quantitative estimate of drug-likeness (QED) is 0.698. The third kappa shape index (κ3) is 6.85. The third-order valence-electron chi connectivity index (χ3n) is 2.62. The summed E-state index contributed by atoms with van der Waals surface area (Å²) in [4.78, 5) is 11.9. The van der Waals surface area contributed by atoms with E-state index >= 15 is 0 Å². The van der Waals surface area contributed by atoms with Crippen LogP contribution in [0.5, 0.6) is 0 Å². The van der Waals surface area contributed by atoms with Crippen LogP contribution in [0.4, 0.5) is 0 Å². The number of nitrogens with one attached hydrogen (secondary N) is 2. The number of hydrogen-bond donors (Lipinski definition) is 3. The van der Waals surface area contributed by atoms with Gasteiger partial charge in [-0.2, -0.15) is 0 Å². The molecule has 0 aliphatic carbocycles. The van der Waals surface area contributed by atoms with Crippen LogP contribution in [0.3, 0.4) is 0 Å². The number of amides is 1. The minimum Gasteiger partial charge on any atom is -0.350 e. The summed E-state index contributed by atoms with van der Waals surface area (Å²) in [7, 11) is -1.78. The Hall–Kier alpha value is -1.15. The van der Waals surface area contributed by atoms with E-state index in [0.717, 1.165) is 0 Å². The summed E-state index contributed by atoms with van der Waals surface area (Å²) in [6.07, 6.45) is 0. The van der Waals surface area contributed by atoms with Gasteiger partial charge < -0.3 is 10.6 Å². The van der Waals surface area contributed by atoms with E-state index in [9.17, 15) is 13.2 Å². The van der Waals surface area contributed by atoms with Crippen molar-refractivity contribution in [1.82, 2.24) is 10.6 Å². The van der Waals surface area contributed by atoms with Crippen LogP contribution in [-0.4, -0.2) is 34.0 Å². The van der Waals surface area contributed by atoms with Crippen molar-refractivity contribution in [2.24, 2.45) is 5.14 Å². The van der Waals surface area contributed by atoms with Gasteiger partial charge in [0.1, 0.15) is 0 Å². The molecule has 0 aromatic heterocycles. The number of likely N-dealkylation sites (N-methyl/N-ethyl adjacent to an activating group) is 1. The molecule has 0 heterocycles. The van der Waals surface area contributed by atoms with Gasteiger partial charge in [0.15, 0.2) is 0 Å². The largest absolute Gasteiger partial charge is 0.350 e. The Balaban J connectivity index is 0.00000361. The van der Waals surface area contributed by atoms with Gasteiger partial charge in [0, 0.05) is 18.2 Å². The molecule has 0 saturated heterocycles. The molecule has 0 aliphatic heterocycles. The molecular weight excluding hydrogens is 302 g/mol. The maximum Gasteiger partial charge on any atom is 0.251 e. The fourth-order valence-electron chi connectivity index (χ4n) is 1.48. The molecule has 0 saturated carbocycles. The minimum absolute atomic E-state index is 0. The first-order chi connectivity index (χ1) is 8.81. The monoisotopic (exact) mass is 321 g/mol. The van der Waals surface area contributed by atoms with Gasteiger partial charge >= 0.3 is 0 Å². The molecule has 0 aliphatic rings. The normalized spacial score (nSPS) is 12.3. The molecule has 0 spiro atoms. The average Bonchev–Trinajstić information content (AvgIpc) is 2.33. The first kappa shape index (κ1) is 18.9. The van der Waals surface area contributed by atoms with Crippen LogP contribution in [0.1, 0.15) is 22.8 Å². The number of benzene rings is 1. The first-order valence-corrected chi connectivity index (χ1v) is 7.58. The lowest BCUT2D eigenvalue weighted by atomic mass is 10.1. The Bertz CT molecular complexity index is 549. The summed E-state index contributed by atoms with van der Waals surface area (Å²) in [5.41, 5.74) is 0.918. The van der Waals surface area contributed by atoms with Gasteiger partial charge in [0.25, 0.3) is 5.91 Å². The molecule has 1 aromatic rings. The zero-order chi connectivity index (χ0) is 14.5. The van der Waals surface area contributed by atoms with Crippen molar-refractivity contribution in [3.8, 4) is 0 Å². The SMILES string of the molecule is CNC(C)CNC(=O)c1cccc(CS(N)(=O)=O)c1.Cl. The highest BCUT2D eigenvalue weighted by Gasteiger charge is 2.10. The molecule has 1 rings (SSSR count). The molecule has 20 heavy (non-hydrogen) atoms. The number of halogens is 1. The van der Waals surface area contributed by atoms with Crippen molar-refractivity contribution in [3.05, 3.63) is 35.4 Å². The molecule has 8 heteroatoms. The van der Waals surface area contributed by atoms with Crippen LogP contribution in [0.15, 0.2) is 24.3 Å². The molecule has 0 radical (unpaired) electrons. The van der Waals surface area contributed by atoms with Gasteiger partial charge in [0.2, 0.25) is 10.0 Å². The zero-order valence-electron chi connectivity index (χ0n) is 11.4. The number of hydrogen-bond acceptors (Lipinski definition) is 4. The van der Waals surface area contributed by atoms with Crippen LogP contribution >= 0.6 is 12.4 Å². The minimum atomic E-state index is -3.59. The second-order valence-electron chi connectivity index (χ2n) is 4.41. The predicted octanol–water partition coefficient (Wildman–Crippen LogP) is 0.235. The fraction of sp³-hybridized carbons (Fsp3) is 0.417. The van der Waals surface area contributed by atoms with Crippen LogP contribution < -0.4 is 15.8 Å². The van der Waals surface area contributed by atoms with Gasteiger partial charge in [-0.1, -0.05) is 12.1 Å². The van der Waals surface area contributed by atoms with E-state index < -0.39 is 10.0 Å². The molecular formula is C12H20ClN3O3S. The maximum absolute atomic E-state index is 11.9. The second kappa shape index (κ2) is 8.21. The van der Waals surface area contributed by atoms with Gasteiger partial charge in [0.05, 0.1) is 5.75 Å². The molecule has 1 unspecified atom stereocenters. The standard InChI is InChI=1S/C12H19N3O3S.ClH/c1-9(14-2)7-15-12(16)11-5-3-4-10(6-11)8-19(13,17)18;/h3-6,9,14H,7-8H2,1-2H3,(H,15,16)(H2,13,17,18);1H. The number of sulfonamides is 1. The first-order valence-electron chi connectivity index (χ1n) is 5.86. The van der Waals surface area contributed by atoms with E-state index in [4.69, 9.17) is 5.14 Å². The van der Waals surface area contributed by atoms with Gasteiger partial charge in [-0.15, -0.1) is 12.4 Å². The van der Waals surface area contributed by atoms with E-state index in [-0.39, 0.29) is 30.1 Å². The van der Waals surface area contributed by atoms with E-state index in [2.05, 4.69) is 10.6 Å². The van der Waals surface area contributed by atoms with Gasteiger partial charge in [-0.25, -0.2) is 13.6 Å². The molecule has 6 nitrogen and oxygen atoms in total. The van der Waals surface area contributed by atoms with Crippen molar-refractivity contribution in [2.45, 2.75) is 18.7 Å². The van der Waals surface area contributed by atoms with Crippen molar-refractivity contribution in [2.75, 3.05) is 13.6 Å². The highest BCUT2D eigenvalue weighted by molar-refractivity contribution is 7.88. The Labute approximate surface area is 125 Å². The number of primary sulfonamides is 1. The summed E-state index contributed by atoms with van der Waals surface area (Å²) in [5, 5.41) is 10.7. The number of carbonyl (C=O) groups excluding carboxylic acids is 1. The van der Waals surface area contributed by atoms with E-state index in [0.29, 0.717) is 17.7 Å². The highest BCUT2D eigenvalue weighted by Crippen LogP contribution is 2.07. The summed E-state index contributed by atoms with van der Waals surface area (Å²) in [6.45, 7) is 2.44. The molecule has 1 amide bonds. The van der Waals surface area contributed by atoms with Crippen molar-refractivity contribution >= 4 is 28.3 Å². The van der Waals surface area contributed by atoms with E-state index in [1.807, 2.05) is 14.0 Å². The summed E-state index contributed by atoms with van der Waals surface area (Å²) < 4.78 is 22.0. The van der Waals surface area contributed by atoms with Crippen LogP contribution in [0.2, 0.25) is 0 Å². The molecule has 4 N–H and O–H groups in total. The zero-order valence-corrected chi connectivity index (χ0v) is 13.1. The third-order valence-corrected chi connectivity index (χ3v) is 3.35. The second-order valence-corrected chi connectivity index (χ2v) is 6.02. The summed E-state index contributed by atoms with van der Waals surface area (Å²) in [5.74, 6) is -0.514. The van der Waals surface area contributed by atoms with Crippen LogP contribution in [0.25, 0.3) is 0 Å². The number of rotatable bonds is 6. The Kier molecular flexibility index (Phi) is 7.74. The van der Waals surface area contributed by atoms with Crippen molar-refractivity contribution in [3.63, 3.8) is 0 Å². The maximum atomic E-state index is 11.9. The Morgan fingerprint density at radius 1 is 1.40 bits per heavy atom. The van der Waals surface area contributed by atoms with Crippen LogP contribution in [0, 0.1) is 0 Å². The molecule has 0 fully saturated rings. The van der Waals surface area contributed by atoms with E-state index in [1.54, 1.807) is 18.2 Å². The van der Waals surface area contributed by atoms with Crippen LogP contribution in [-0.2, 0) is 15.8 Å². The van der Waals surface area contributed by atoms with E-state index in [1.165, 1.54) is 6.07 Å². The topological polar surface area (TPSA) is 101 Å². The molecule has 1 aromatic carbocycles. The highest BCUT2D eigenvalue weighted by atomic mass is 35.5. The number of carbonyl (C=O) groups is 1. The fourth-order valence-corrected chi connectivity index (χ4v) is 2.13. The molecule has 114 valence electrons. The average molecular weight is 322 g/mol. The van der Waals surface area contributed by atoms with Gasteiger partial charge in [-0.3, -0.25) is 4.79 Å². The number of nitrogens with two attached hydrogens (primary N) is 1. The summed E-state index contributed by atoms with van der Waals surface area (Å²) in [6, 6.07) is 6.58. The predicted molar refractivity (Wildman–Crippen MR) is 81.4 cm³/mol. The van der Waals surface area contributed by atoms with Crippen molar-refractivity contribution < 1.29 is 13.2 Å².